The lowest BCUT2D eigenvalue weighted by Gasteiger charge is -2.23. The Kier molecular flexibility index (Phi) is 2.74. The van der Waals surface area contributed by atoms with Gasteiger partial charge in [0.1, 0.15) is 5.75 Å². The zero-order chi connectivity index (χ0) is 12.6. The zero-order valence-corrected chi connectivity index (χ0v) is 10.6. The summed E-state index contributed by atoms with van der Waals surface area (Å²) >= 11 is 0. The van der Waals surface area contributed by atoms with Crippen molar-refractivity contribution in [2.75, 3.05) is 18.5 Å². The average molecular weight is 246 g/mol. The van der Waals surface area contributed by atoms with Crippen LogP contribution in [0.1, 0.15) is 25.3 Å². The molecule has 4 nitrogen and oxygen atoms in total. The predicted octanol–water partition coefficient (Wildman–Crippen LogP) is 1.70. The van der Waals surface area contributed by atoms with Gasteiger partial charge in [0.05, 0.1) is 12.1 Å². The lowest BCUT2D eigenvalue weighted by Crippen LogP contribution is -2.47. The molecule has 2 aliphatic rings. The predicted molar refractivity (Wildman–Crippen MR) is 69.9 cm³/mol. The molecule has 0 radical (unpaired) electrons. The molecule has 1 atom stereocenters. The van der Waals surface area contributed by atoms with Crippen LogP contribution in [0.25, 0.3) is 0 Å². The maximum absolute atomic E-state index is 12.2. The van der Waals surface area contributed by atoms with Gasteiger partial charge < -0.3 is 15.4 Å². The molecule has 96 valence electrons. The number of hydrogen-bond acceptors (Lipinski definition) is 3. The minimum Gasteiger partial charge on any atom is -0.493 e. The van der Waals surface area contributed by atoms with E-state index in [1.54, 1.807) is 0 Å². The van der Waals surface area contributed by atoms with E-state index in [4.69, 9.17) is 4.74 Å². The topological polar surface area (TPSA) is 50.4 Å². The molecule has 3 rings (SSSR count). The summed E-state index contributed by atoms with van der Waals surface area (Å²) in [5.74, 6) is 0.997. The van der Waals surface area contributed by atoms with Gasteiger partial charge in [-0.05, 0) is 50.1 Å². The van der Waals surface area contributed by atoms with E-state index in [2.05, 4.69) is 10.6 Å². The third-order valence-electron chi connectivity index (χ3n) is 3.82. The summed E-state index contributed by atoms with van der Waals surface area (Å²) in [5.41, 5.74) is 1.62. The zero-order valence-electron chi connectivity index (χ0n) is 10.6. The van der Waals surface area contributed by atoms with Crippen LogP contribution >= 0.6 is 0 Å². The van der Waals surface area contributed by atoms with Crippen molar-refractivity contribution in [1.82, 2.24) is 5.32 Å². The monoisotopic (exact) mass is 246 g/mol. The Morgan fingerprint density at radius 2 is 2.39 bits per heavy atom. The van der Waals surface area contributed by atoms with E-state index in [1.807, 2.05) is 25.1 Å². The normalized spacial score (nSPS) is 25.6. The van der Waals surface area contributed by atoms with Crippen molar-refractivity contribution < 1.29 is 9.53 Å². The van der Waals surface area contributed by atoms with Gasteiger partial charge >= 0.3 is 0 Å². The van der Waals surface area contributed by atoms with Crippen molar-refractivity contribution in [1.29, 1.82) is 0 Å². The summed E-state index contributed by atoms with van der Waals surface area (Å²) in [4.78, 5) is 12.2. The maximum Gasteiger partial charge on any atom is 0.244 e. The highest BCUT2D eigenvalue weighted by atomic mass is 16.5. The first-order valence-corrected chi connectivity index (χ1v) is 6.50. The van der Waals surface area contributed by atoms with E-state index in [0.29, 0.717) is 0 Å². The molecular formula is C14H18N2O2. The van der Waals surface area contributed by atoms with Gasteiger partial charge in [-0.2, -0.15) is 0 Å². The molecule has 0 saturated carbocycles. The summed E-state index contributed by atoms with van der Waals surface area (Å²) in [6.07, 6.45) is 2.88. The fourth-order valence-electron chi connectivity index (χ4n) is 2.62. The van der Waals surface area contributed by atoms with Crippen molar-refractivity contribution in [3.05, 3.63) is 23.8 Å². The average Bonchev–Trinajstić information content (AvgIpc) is 2.98. The SMILES string of the molecule is CC1(C(=O)Nc2ccc3c(c2)CCO3)CCCN1. The Morgan fingerprint density at radius 3 is 3.17 bits per heavy atom. The first-order chi connectivity index (χ1) is 8.67. The van der Waals surface area contributed by atoms with Crippen LogP contribution in [-0.4, -0.2) is 24.6 Å². The van der Waals surface area contributed by atoms with Crippen molar-refractivity contribution in [2.45, 2.75) is 31.7 Å². The first kappa shape index (κ1) is 11.5. The molecule has 18 heavy (non-hydrogen) atoms. The number of anilines is 1. The Balaban J connectivity index is 1.74. The summed E-state index contributed by atoms with van der Waals surface area (Å²) in [5, 5.41) is 6.27. The Morgan fingerprint density at radius 1 is 1.50 bits per heavy atom. The fourth-order valence-corrected chi connectivity index (χ4v) is 2.62. The summed E-state index contributed by atoms with van der Waals surface area (Å²) in [7, 11) is 0. The first-order valence-electron chi connectivity index (χ1n) is 6.50. The van der Waals surface area contributed by atoms with E-state index in [9.17, 15) is 4.79 Å². The van der Waals surface area contributed by atoms with Crippen LogP contribution in [0.5, 0.6) is 5.75 Å². The molecule has 0 aliphatic carbocycles. The number of benzene rings is 1. The second-order valence-corrected chi connectivity index (χ2v) is 5.24. The highest BCUT2D eigenvalue weighted by Crippen LogP contribution is 2.28. The van der Waals surface area contributed by atoms with Crippen LogP contribution in [0.3, 0.4) is 0 Å². The lowest BCUT2D eigenvalue weighted by molar-refractivity contribution is -0.121. The van der Waals surface area contributed by atoms with Crippen LogP contribution < -0.4 is 15.4 Å². The minimum atomic E-state index is -0.421. The van der Waals surface area contributed by atoms with Gasteiger partial charge in [-0.25, -0.2) is 0 Å². The molecule has 0 spiro atoms. The van der Waals surface area contributed by atoms with Crippen LogP contribution in [0, 0.1) is 0 Å². The highest BCUT2D eigenvalue weighted by Gasteiger charge is 2.35. The van der Waals surface area contributed by atoms with Crippen molar-refractivity contribution >= 4 is 11.6 Å². The molecule has 0 aromatic heterocycles. The number of nitrogens with one attached hydrogen (secondary N) is 2. The number of hydrogen-bond donors (Lipinski definition) is 2. The van der Waals surface area contributed by atoms with Gasteiger partial charge in [-0.1, -0.05) is 0 Å². The summed E-state index contributed by atoms with van der Waals surface area (Å²) < 4.78 is 5.45. The Labute approximate surface area is 107 Å². The molecule has 4 heteroatoms. The number of carbonyl (C=O) groups excluding carboxylic acids is 1. The van der Waals surface area contributed by atoms with E-state index in [-0.39, 0.29) is 5.91 Å². The molecule has 1 fully saturated rings. The molecule has 1 amide bonds. The largest absolute Gasteiger partial charge is 0.493 e. The summed E-state index contributed by atoms with van der Waals surface area (Å²) in [6.45, 7) is 3.62. The van der Waals surface area contributed by atoms with Gasteiger partial charge in [0.2, 0.25) is 5.91 Å². The summed E-state index contributed by atoms with van der Waals surface area (Å²) in [6, 6.07) is 5.85. The second kappa shape index (κ2) is 4.28. The van der Waals surface area contributed by atoms with Gasteiger partial charge in [0.25, 0.3) is 0 Å². The number of carbonyl (C=O) groups is 1. The van der Waals surface area contributed by atoms with Gasteiger partial charge in [-0.15, -0.1) is 0 Å². The van der Waals surface area contributed by atoms with Crippen molar-refractivity contribution in [2.24, 2.45) is 0 Å². The molecule has 1 aromatic carbocycles. The number of amides is 1. The number of fused-ring (bicyclic) bond motifs is 1. The molecule has 1 aromatic rings. The van der Waals surface area contributed by atoms with E-state index >= 15 is 0 Å². The smallest absolute Gasteiger partial charge is 0.244 e. The van der Waals surface area contributed by atoms with Crippen LogP contribution in [-0.2, 0) is 11.2 Å². The van der Waals surface area contributed by atoms with E-state index in [0.717, 1.165) is 43.9 Å². The minimum absolute atomic E-state index is 0.0545. The van der Waals surface area contributed by atoms with Crippen LogP contribution in [0.4, 0.5) is 5.69 Å². The molecule has 1 unspecified atom stereocenters. The maximum atomic E-state index is 12.2. The second-order valence-electron chi connectivity index (χ2n) is 5.24. The molecule has 1 saturated heterocycles. The number of rotatable bonds is 2. The van der Waals surface area contributed by atoms with Gasteiger partial charge in [0.15, 0.2) is 0 Å². The van der Waals surface area contributed by atoms with Crippen LogP contribution in [0.15, 0.2) is 18.2 Å². The third kappa shape index (κ3) is 1.97. The fraction of sp³-hybridized carbons (Fsp3) is 0.500. The highest BCUT2D eigenvalue weighted by molar-refractivity contribution is 5.98. The lowest BCUT2D eigenvalue weighted by atomic mass is 9.99. The van der Waals surface area contributed by atoms with Gasteiger partial charge in [-0.3, -0.25) is 4.79 Å². The van der Waals surface area contributed by atoms with E-state index in [1.165, 1.54) is 5.56 Å². The van der Waals surface area contributed by atoms with Crippen molar-refractivity contribution in [3.8, 4) is 5.75 Å². The van der Waals surface area contributed by atoms with Crippen LogP contribution in [0.2, 0.25) is 0 Å². The molecule has 0 bridgehead atoms. The quantitative estimate of drug-likeness (QED) is 0.835. The van der Waals surface area contributed by atoms with E-state index < -0.39 is 5.54 Å². The molecule has 2 heterocycles. The van der Waals surface area contributed by atoms with Gasteiger partial charge in [0, 0.05) is 12.1 Å². The molecule has 2 N–H and O–H groups in total. The van der Waals surface area contributed by atoms with Crippen molar-refractivity contribution in [3.63, 3.8) is 0 Å². The Hall–Kier alpha value is -1.55. The molecule has 2 aliphatic heterocycles. The number of ether oxygens (including phenoxy) is 1. The standard InChI is InChI=1S/C14H18N2O2/c1-14(6-2-7-15-14)13(17)16-11-3-4-12-10(9-11)5-8-18-12/h3-4,9,15H,2,5-8H2,1H3,(H,16,17). The molecular weight excluding hydrogens is 228 g/mol. The Bertz CT molecular complexity index is 479. The third-order valence-corrected chi connectivity index (χ3v) is 3.82.